The van der Waals surface area contributed by atoms with Crippen molar-refractivity contribution in [3.05, 3.63) is 301 Å². The summed E-state index contributed by atoms with van der Waals surface area (Å²) in [5, 5.41) is 78.4. The molecule has 4 aromatic heterocycles. The van der Waals surface area contributed by atoms with Gasteiger partial charge in [0, 0.05) is 92.4 Å². The number of aliphatic hydroxyl groups excluding tert-OH is 4. The number of aromatic hydroxyl groups is 2. The maximum absolute atomic E-state index is 13.7. The number of fused-ring (bicyclic) bond motifs is 4. The van der Waals surface area contributed by atoms with Crippen LogP contribution in [-0.2, 0) is 36.3 Å². The molecule has 0 bridgehead atoms. The van der Waals surface area contributed by atoms with E-state index in [1.165, 1.54) is 82.0 Å². The van der Waals surface area contributed by atoms with Crippen molar-refractivity contribution < 1.29 is 39.1 Å². The Balaban J connectivity index is 0.000000120. The van der Waals surface area contributed by atoms with Crippen molar-refractivity contribution in [3.63, 3.8) is 0 Å². The van der Waals surface area contributed by atoms with Gasteiger partial charge in [0.1, 0.15) is 34.8 Å². The maximum atomic E-state index is 13.7. The number of sulfone groups is 1. The van der Waals surface area contributed by atoms with Gasteiger partial charge in [0.25, 0.3) is 0 Å². The summed E-state index contributed by atoms with van der Waals surface area (Å²) in [6, 6.07) is 89.3. The Hall–Kier alpha value is -12.4. The molecule has 0 amide bonds. The van der Waals surface area contributed by atoms with Crippen molar-refractivity contribution in [2.75, 3.05) is 21.3 Å². The van der Waals surface area contributed by atoms with Crippen molar-refractivity contribution in [2.24, 2.45) is 0 Å². The second-order valence-electron chi connectivity index (χ2n) is 32.4. The van der Waals surface area contributed by atoms with Crippen LogP contribution in [0.15, 0.2) is 318 Å². The molecule has 4 heterocycles. The van der Waals surface area contributed by atoms with Gasteiger partial charge in [-0.1, -0.05) is 244 Å². The fourth-order valence-corrected chi connectivity index (χ4v) is 21.9. The molecule has 4 aliphatic carbocycles. The zero-order chi connectivity index (χ0) is 87.7. The topological polar surface area (TPSA) is 307 Å². The number of rotatable bonds is 24. The lowest BCUT2D eigenvalue weighted by molar-refractivity contribution is 0.278. The van der Waals surface area contributed by atoms with Gasteiger partial charge in [-0.05, 0) is 195 Å². The second kappa shape index (κ2) is 41.6. The molecule has 20 rings (SSSR count). The molecule has 0 radical (unpaired) electrons. The Kier molecular flexibility index (Phi) is 28.5. The fraction of sp³-hybridized carbons (Fsp3) is 0.231. The molecular formula is C104H100N12O8S4. The molecule has 0 aliphatic heterocycles. The molecule has 24 heteroatoms. The molecular weight excluding hydrogens is 1670 g/mol. The zero-order valence-electron chi connectivity index (χ0n) is 70.7. The molecule has 4 fully saturated rings. The van der Waals surface area contributed by atoms with Crippen LogP contribution in [0.25, 0.3) is 89.2 Å². The van der Waals surface area contributed by atoms with E-state index < -0.39 is 9.84 Å². The van der Waals surface area contributed by atoms with Crippen molar-refractivity contribution in [2.45, 2.75) is 192 Å². The first kappa shape index (κ1) is 87.7. The predicted molar refractivity (Wildman–Crippen MR) is 514 cm³/mol. The Labute approximate surface area is 757 Å². The first-order valence-electron chi connectivity index (χ1n) is 43.8. The minimum atomic E-state index is -3.91. The SMILES string of the molecule is O=S(=O)(c1ccccc1CO)c1ccccc1-c1nc(NC2CCCC2)c2ccccc2n1.OCc1ccccc1Sc1c(O)cccc1-c1nc(NC2CCCC2)c2ccccc2n1.OCc1ccccc1Sc1ccc(O)cc1-c1nc(NC2CCCC2)c2ccccc2n1.OCc1ccccc1Sc1ccccc1-c1nc(NC2CCCC2)c2ccccc2n1. The van der Waals surface area contributed by atoms with Crippen molar-refractivity contribution >= 4 is 112 Å². The van der Waals surface area contributed by atoms with Crippen LogP contribution in [-0.4, -0.2) is 103 Å². The summed E-state index contributed by atoms with van der Waals surface area (Å²) >= 11 is 4.61. The predicted octanol–water partition coefficient (Wildman–Crippen LogP) is 23.3. The lowest BCUT2D eigenvalue weighted by atomic mass is 10.1. The second-order valence-corrected chi connectivity index (χ2v) is 37.5. The number of nitrogens with zero attached hydrogens (tertiary/aromatic N) is 8. The number of nitrogens with one attached hydrogen (secondary N) is 4. The summed E-state index contributed by atoms with van der Waals surface area (Å²) < 4.78 is 27.3. The highest BCUT2D eigenvalue weighted by atomic mass is 32.2. The standard InChI is InChI=1S/C26H25N3O3S.2C26H25N3O2S.C26H25N3OS/c30-17-18-9-1-7-15-23(18)33(31,32)24-16-8-5-13-21(24)26-28-22-14-6-4-12-20(22)25(29-26)27-19-10-2-3-11-19;30-16-17-8-1-6-15-23(17)32-24-20(12-7-14-22(24)31)26-28-21-13-5-4-11-19(21)25(29-26)27-18-9-2-3-10-18;30-16-17-7-1-6-12-23(17)32-24-14-13-19(31)15-21(24)26-28-22-11-5-4-10-20(22)25(29-26)27-18-8-2-3-9-18;30-17-18-9-1-7-15-23(18)31-24-16-8-5-13-21(24)26-28-22-14-6-4-12-20(22)25(29-26)27-19-10-2-3-11-19/h1,4-9,12-16,19,30H,2-3,10-11,17H2,(H,27,28,29);1,4-8,11-15,18,30-31H,2-3,9-10,16H2,(H,27,28,29);1,4-7,10-15,18,30-31H,2-3,8-9,16H2,(H,27,28,29);1,4-9,12-16,19,30H,2-3,10-11,17H2,(H,27,28,29). The summed E-state index contributed by atoms with van der Waals surface area (Å²) in [5.74, 6) is 5.89. The van der Waals surface area contributed by atoms with Crippen LogP contribution in [0, 0.1) is 0 Å². The number of phenolic OH excluding ortho intramolecular Hbond substituents is 2. The van der Waals surface area contributed by atoms with E-state index in [1.807, 2.05) is 188 Å². The normalized spacial score (nSPS) is 14.3. The smallest absolute Gasteiger partial charge is 0.207 e. The lowest BCUT2D eigenvalue weighted by Gasteiger charge is -2.17. The Morgan fingerprint density at radius 1 is 0.281 bits per heavy atom. The third-order valence-electron chi connectivity index (χ3n) is 23.7. The average Bonchev–Trinajstić information content (AvgIpc) is 1.08. The van der Waals surface area contributed by atoms with Crippen LogP contribution in [0.1, 0.15) is 125 Å². The Morgan fingerprint density at radius 2 is 0.586 bits per heavy atom. The van der Waals surface area contributed by atoms with Crippen LogP contribution in [0.5, 0.6) is 11.5 Å². The molecule has 0 saturated heterocycles. The average molecular weight is 1770 g/mol. The number of benzene rings is 12. The summed E-state index contributed by atoms with van der Waals surface area (Å²) in [4.78, 5) is 44.8. The molecule has 648 valence electrons. The highest BCUT2D eigenvalue weighted by Gasteiger charge is 2.29. The summed E-state index contributed by atoms with van der Waals surface area (Å²) in [7, 11) is -3.91. The summed E-state index contributed by atoms with van der Waals surface area (Å²) in [6.07, 6.45) is 19.1. The monoisotopic (exact) mass is 1770 g/mol. The number of phenols is 2. The fourth-order valence-electron chi connectivity index (χ4n) is 17.1. The van der Waals surface area contributed by atoms with Gasteiger partial charge in [0.2, 0.25) is 9.84 Å². The Bertz CT molecular complexity index is 6630. The number of aromatic nitrogens is 8. The highest BCUT2D eigenvalue weighted by molar-refractivity contribution is 8.00. The minimum Gasteiger partial charge on any atom is -0.508 e. The number of para-hydroxylation sites is 4. The van der Waals surface area contributed by atoms with Crippen molar-refractivity contribution in [1.29, 1.82) is 0 Å². The first-order valence-corrected chi connectivity index (χ1v) is 47.8. The molecule has 128 heavy (non-hydrogen) atoms. The maximum Gasteiger partial charge on any atom is 0.207 e. The molecule has 0 spiro atoms. The van der Waals surface area contributed by atoms with Crippen molar-refractivity contribution in [1.82, 2.24) is 39.9 Å². The zero-order valence-corrected chi connectivity index (χ0v) is 74.0. The highest BCUT2D eigenvalue weighted by Crippen LogP contribution is 2.46. The van der Waals surface area contributed by atoms with Gasteiger partial charge in [0.05, 0.1) is 63.2 Å². The molecule has 10 N–H and O–H groups in total. The van der Waals surface area contributed by atoms with Crippen LogP contribution in [0.3, 0.4) is 0 Å². The van der Waals surface area contributed by atoms with Crippen LogP contribution >= 0.6 is 35.3 Å². The third kappa shape index (κ3) is 20.6. The van der Waals surface area contributed by atoms with E-state index in [0.29, 0.717) is 57.7 Å². The quantitative estimate of drug-likeness (QED) is 0.0269. The van der Waals surface area contributed by atoms with Crippen molar-refractivity contribution in [3.8, 4) is 57.1 Å². The van der Waals surface area contributed by atoms with Crippen LogP contribution in [0.2, 0.25) is 0 Å². The van der Waals surface area contributed by atoms with Crippen LogP contribution in [0.4, 0.5) is 23.3 Å². The third-order valence-corrected chi connectivity index (χ3v) is 29.2. The summed E-state index contributed by atoms with van der Waals surface area (Å²) in [5.41, 5.74) is 9.36. The molecule has 0 unspecified atom stereocenters. The van der Waals surface area contributed by atoms with E-state index in [9.17, 15) is 39.1 Å². The number of aliphatic hydroxyl groups is 4. The van der Waals surface area contributed by atoms with Gasteiger partial charge < -0.3 is 51.9 Å². The summed E-state index contributed by atoms with van der Waals surface area (Å²) in [6.45, 7) is -0.431. The lowest BCUT2D eigenvalue weighted by Crippen LogP contribution is -2.16. The molecule has 12 aromatic carbocycles. The van der Waals surface area contributed by atoms with Gasteiger partial charge in [0.15, 0.2) is 23.3 Å². The van der Waals surface area contributed by atoms with Crippen LogP contribution < -0.4 is 21.3 Å². The molecule has 0 atom stereocenters. The van der Waals surface area contributed by atoms with Gasteiger partial charge in [-0.25, -0.2) is 48.3 Å². The van der Waals surface area contributed by atoms with E-state index in [0.717, 1.165) is 169 Å². The molecule has 20 nitrogen and oxygen atoms in total. The first-order chi connectivity index (χ1) is 62.8. The molecule has 4 aliphatic rings. The van der Waals surface area contributed by atoms with Gasteiger partial charge in [-0.15, -0.1) is 0 Å². The molecule has 4 saturated carbocycles. The largest absolute Gasteiger partial charge is 0.508 e. The van der Waals surface area contributed by atoms with E-state index in [4.69, 9.17) is 39.9 Å². The Morgan fingerprint density at radius 3 is 1.00 bits per heavy atom. The number of anilines is 4. The number of hydrogen-bond acceptors (Lipinski definition) is 23. The van der Waals surface area contributed by atoms with Gasteiger partial charge >= 0.3 is 0 Å². The minimum absolute atomic E-state index is 0.0211. The number of hydrogen-bond donors (Lipinski definition) is 10. The van der Waals surface area contributed by atoms with E-state index >= 15 is 0 Å². The van der Waals surface area contributed by atoms with E-state index in [1.54, 1.807) is 84.2 Å². The molecule has 16 aromatic rings. The van der Waals surface area contributed by atoms with Gasteiger partial charge in [-0.3, -0.25) is 0 Å². The van der Waals surface area contributed by atoms with Gasteiger partial charge in [-0.2, -0.15) is 0 Å². The van der Waals surface area contributed by atoms with E-state index in [2.05, 4.69) is 45.5 Å². The van der Waals surface area contributed by atoms with E-state index in [-0.39, 0.29) is 47.7 Å².